The molecule has 0 aliphatic rings. The molecule has 0 aromatic rings. The number of nitrogens with two attached hydrogens (primary N) is 1. The van der Waals surface area contributed by atoms with Crippen molar-refractivity contribution in [2.75, 3.05) is 6.54 Å². The summed E-state index contributed by atoms with van der Waals surface area (Å²) in [6.07, 6.45) is -0.0969. The predicted molar refractivity (Wildman–Crippen MR) is 42.6 cm³/mol. The number of carboxylic acid groups (broad SMARTS) is 1. The van der Waals surface area contributed by atoms with E-state index >= 15 is 0 Å². The van der Waals surface area contributed by atoms with Crippen molar-refractivity contribution < 1.29 is 14.7 Å². The highest BCUT2D eigenvalue weighted by Gasteiger charge is 1.96. The molecule has 68 valence electrons. The third-order valence-corrected chi connectivity index (χ3v) is 0.912. The highest BCUT2D eigenvalue weighted by Crippen LogP contribution is 1.79. The number of carbonyl (C=O) groups is 2. The van der Waals surface area contributed by atoms with E-state index in [9.17, 15) is 9.59 Å². The molecular formula is C6H11N3O3. The van der Waals surface area contributed by atoms with Crippen LogP contribution in [0.25, 0.3) is 0 Å². The van der Waals surface area contributed by atoms with Gasteiger partial charge in [-0.1, -0.05) is 0 Å². The Morgan fingerprint density at radius 3 is 2.58 bits per heavy atom. The first-order valence-electron chi connectivity index (χ1n) is 3.31. The summed E-state index contributed by atoms with van der Waals surface area (Å²) >= 11 is 0. The molecule has 1 amide bonds. The van der Waals surface area contributed by atoms with Crippen molar-refractivity contribution in [3.63, 3.8) is 0 Å². The van der Waals surface area contributed by atoms with Gasteiger partial charge in [-0.05, 0) is 0 Å². The van der Waals surface area contributed by atoms with Gasteiger partial charge in [0.15, 0.2) is 5.96 Å². The monoisotopic (exact) mass is 173 g/mol. The number of aliphatic carboxylic acids is 1. The van der Waals surface area contributed by atoms with Crippen molar-refractivity contribution in [2.45, 2.75) is 13.3 Å². The fourth-order valence-electron chi connectivity index (χ4n) is 0.492. The molecule has 0 unspecified atom stereocenters. The van der Waals surface area contributed by atoms with Crippen LogP contribution < -0.4 is 11.1 Å². The minimum Gasteiger partial charge on any atom is -0.481 e. The van der Waals surface area contributed by atoms with E-state index in [1.54, 1.807) is 0 Å². The molecule has 4 N–H and O–H groups in total. The van der Waals surface area contributed by atoms with Gasteiger partial charge in [0.05, 0.1) is 13.0 Å². The molecule has 6 heteroatoms. The Labute approximate surface area is 69.5 Å². The van der Waals surface area contributed by atoms with E-state index in [-0.39, 0.29) is 24.8 Å². The summed E-state index contributed by atoms with van der Waals surface area (Å²) in [5.41, 5.74) is 5.19. The van der Waals surface area contributed by atoms with Gasteiger partial charge in [0.1, 0.15) is 0 Å². The standard InChI is InChI=1S/C6H11N3O3/c1-4(10)9-6(7)8-3-2-5(11)12/h2-3H2,1H3,(H,11,12)(H3,7,8,9,10). The maximum atomic E-state index is 10.4. The number of guanidine groups is 1. The van der Waals surface area contributed by atoms with Gasteiger partial charge in [-0.3, -0.25) is 19.9 Å². The number of carboxylic acids is 1. The Balaban J connectivity index is 3.69. The third kappa shape index (κ3) is 6.53. The van der Waals surface area contributed by atoms with E-state index in [4.69, 9.17) is 10.8 Å². The first-order valence-corrected chi connectivity index (χ1v) is 3.31. The summed E-state index contributed by atoms with van der Waals surface area (Å²) in [6.45, 7) is 1.36. The van der Waals surface area contributed by atoms with Crippen LogP contribution in [0.2, 0.25) is 0 Å². The number of aliphatic imine (C=N–C) groups is 1. The highest BCUT2D eigenvalue weighted by atomic mass is 16.4. The summed E-state index contributed by atoms with van der Waals surface area (Å²) in [4.78, 5) is 24.0. The van der Waals surface area contributed by atoms with E-state index in [2.05, 4.69) is 10.3 Å². The quantitative estimate of drug-likeness (QED) is 0.372. The number of carbonyl (C=O) groups excluding carboxylic acids is 1. The maximum absolute atomic E-state index is 10.4. The molecule has 0 saturated heterocycles. The van der Waals surface area contributed by atoms with E-state index < -0.39 is 5.97 Å². The molecule has 0 aliphatic heterocycles. The molecule has 0 heterocycles. The second kappa shape index (κ2) is 5.11. The molecule has 0 aromatic carbocycles. The molecule has 0 bridgehead atoms. The van der Waals surface area contributed by atoms with Gasteiger partial charge in [-0.25, -0.2) is 0 Å². The molecule has 0 spiro atoms. The second-order valence-electron chi connectivity index (χ2n) is 2.09. The minimum atomic E-state index is -0.950. The second-order valence-corrected chi connectivity index (χ2v) is 2.09. The van der Waals surface area contributed by atoms with Crippen molar-refractivity contribution in [1.29, 1.82) is 0 Å². The van der Waals surface area contributed by atoms with Crippen molar-refractivity contribution in [2.24, 2.45) is 10.7 Å². The Morgan fingerprint density at radius 2 is 2.17 bits per heavy atom. The van der Waals surface area contributed by atoms with Gasteiger partial charge >= 0.3 is 5.97 Å². The maximum Gasteiger partial charge on any atom is 0.305 e. The number of amides is 1. The summed E-state index contributed by atoms with van der Waals surface area (Å²) in [6, 6.07) is 0. The molecule has 12 heavy (non-hydrogen) atoms. The predicted octanol–water partition coefficient (Wildman–Crippen LogP) is -1.09. The number of nitrogens with zero attached hydrogens (tertiary/aromatic N) is 1. The molecule has 0 aromatic heterocycles. The normalized spacial score (nSPS) is 10.9. The molecule has 6 nitrogen and oxygen atoms in total. The molecular weight excluding hydrogens is 162 g/mol. The zero-order valence-corrected chi connectivity index (χ0v) is 6.70. The van der Waals surface area contributed by atoms with Crippen LogP contribution in [-0.2, 0) is 9.59 Å². The lowest BCUT2D eigenvalue weighted by Gasteiger charge is -1.98. The van der Waals surface area contributed by atoms with Crippen LogP contribution in [0.1, 0.15) is 13.3 Å². The fraction of sp³-hybridized carbons (Fsp3) is 0.500. The Hall–Kier alpha value is -1.59. The van der Waals surface area contributed by atoms with Crippen LogP contribution in [0.4, 0.5) is 0 Å². The lowest BCUT2D eigenvalue weighted by atomic mass is 10.4. The van der Waals surface area contributed by atoms with E-state index in [0.29, 0.717) is 0 Å². The minimum absolute atomic E-state index is 0.0521. The first-order chi connectivity index (χ1) is 5.52. The summed E-state index contributed by atoms with van der Waals surface area (Å²) in [5.74, 6) is -1.33. The van der Waals surface area contributed by atoms with Gasteiger partial charge in [-0.15, -0.1) is 0 Å². The van der Waals surface area contributed by atoms with Crippen LogP contribution in [0.3, 0.4) is 0 Å². The van der Waals surface area contributed by atoms with E-state index in [1.165, 1.54) is 6.92 Å². The van der Waals surface area contributed by atoms with Crippen LogP contribution in [0.5, 0.6) is 0 Å². The lowest BCUT2D eigenvalue weighted by molar-refractivity contribution is -0.136. The van der Waals surface area contributed by atoms with Gasteiger partial charge in [0.2, 0.25) is 5.91 Å². The van der Waals surface area contributed by atoms with Crippen LogP contribution in [-0.4, -0.2) is 29.5 Å². The largest absolute Gasteiger partial charge is 0.481 e. The third-order valence-electron chi connectivity index (χ3n) is 0.912. The Morgan fingerprint density at radius 1 is 1.58 bits per heavy atom. The van der Waals surface area contributed by atoms with Gasteiger partial charge in [0, 0.05) is 6.92 Å². The molecule has 0 rings (SSSR count). The first kappa shape index (κ1) is 10.4. The fourth-order valence-corrected chi connectivity index (χ4v) is 0.492. The summed E-state index contributed by atoms with van der Waals surface area (Å²) in [5, 5.41) is 10.4. The summed E-state index contributed by atoms with van der Waals surface area (Å²) < 4.78 is 0. The van der Waals surface area contributed by atoms with E-state index in [1.807, 2.05) is 0 Å². The van der Waals surface area contributed by atoms with Crippen molar-refractivity contribution in [1.82, 2.24) is 5.32 Å². The molecule has 0 aliphatic carbocycles. The topological polar surface area (TPSA) is 105 Å². The lowest BCUT2D eigenvalue weighted by Crippen LogP contribution is -2.35. The van der Waals surface area contributed by atoms with Gasteiger partial charge < -0.3 is 10.8 Å². The zero-order chi connectivity index (χ0) is 9.56. The van der Waals surface area contributed by atoms with Crippen molar-refractivity contribution in [3.8, 4) is 0 Å². The Bertz CT molecular complexity index is 212. The molecule has 0 radical (unpaired) electrons. The van der Waals surface area contributed by atoms with Crippen LogP contribution in [0.15, 0.2) is 4.99 Å². The average Bonchev–Trinajstić information content (AvgIpc) is 1.84. The number of hydrogen-bond donors (Lipinski definition) is 3. The van der Waals surface area contributed by atoms with E-state index in [0.717, 1.165) is 0 Å². The zero-order valence-electron chi connectivity index (χ0n) is 6.70. The number of hydrogen-bond acceptors (Lipinski definition) is 3. The molecule has 0 saturated carbocycles. The van der Waals surface area contributed by atoms with Crippen molar-refractivity contribution in [3.05, 3.63) is 0 Å². The number of rotatable bonds is 3. The van der Waals surface area contributed by atoms with Crippen molar-refractivity contribution >= 4 is 17.8 Å². The van der Waals surface area contributed by atoms with Crippen LogP contribution >= 0.6 is 0 Å². The van der Waals surface area contributed by atoms with Gasteiger partial charge in [-0.2, -0.15) is 0 Å². The molecule has 0 atom stereocenters. The van der Waals surface area contributed by atoms with Crippen LogP contribution in [0, 0.1) is 0 Å². The number of nitrogens with one attached hydrogen (secondary N) is 1. The molecule has 0 fully saturated rings. The summed E-state index contributed by atoms with van der Waals surface area (Å²) in [7, 11) is 0. The Kier molecular flexibility index (Phi) is 4.43. The smallest absolute Gasteiger partial charge is 0.305 e. The SMILES string of the molecule is CC(=O)NC(N)=NCCC(=O)O. The average molecular weight is 173 g/mol. The van der Waals surface area contributed by atoms with Gasteiger partial charge in [0.25, 0.3) is 0 Å². The highest BCUT2D eigenvalue weighted by molar-refractivity contribution is 5.94.